The van der Waals surface area contributed by atoms with E-state index in [1.165, 1.54) is 42.6 Å². The number of halogens is 4. The van der Waals surface area contributed by atoms with Crippen LogP contribution in [0.3, 0.4) is 0 Å². The van der Waals surface area contributed by atoms with Crippen molar-refractivity contribution < 1.29 is 13.6 Å². The van der Waals surface area contributed by atoms with Crippen molar-refractivity contribution in [3.05, 3.63) is 76.0 Å². The lowest BCUT2D eigenvalue weighted by molar-refractivity contribution is 0.102. The van der Waals surface area contributed by atoms with Crippen LogP contribution >= 0.6 is 23.2 Å². The highest BCUT2D eigenvalue weighted by atomic mass is 35.5. The van der Waals surface area contributed by atoms with Crippen molar-refractivity contribution in [1.29, 1.82) is 0 Å². The highest BCUT2D eigenvalue weighted by Gasteiger charge is 2.11. The van der Waals surface area contributed by atoms with Gasteiger partial charge in [-0.2, -0.15) is 0 Å². The predicted molar refractivity (Wildman–Crippen MR) is 96.1 cm³/mol. The summed E-state index contributed by atoms with van der Waals surface area (Å²) in [6, 6.07) is 9.23. The first-order chi connectivity index (χ1) is 12.4. The van der Waals surface area contributed by atoms with Crippen molar-refractivity contribution in [3.63, 3.8) is 0 Å². The fraction of sp³-hybridized carbons (Fsp3) is 0. The number of amides is 1. The first-order valence-electron chi connectivity index (χ1n) is 7.24. The average molecular weight is 395 g/mol. The van der Waals surface area contributed by atoms with Crippen LogP contribution in [-0.4, -0.2) is 15.9 Å². The molecule has 0 unspecified atom stereocenters. The van der Waals surface area contributed by atoms with E-state index in [0.29, 0.717) is 11.4 Å². The van der Waals surface area contributed by atoms with E-state index in [0.717, 1.165) is 6.07 Å². The molecule has 5 nitrogen and oxygen atoms in total. The van der Waals surface area contributed by atoms with E-state index in [1.54, 1.807) is 0 Å². The van der Waals surface area contributed by atoms with E-state index >= 15 is 0 Å². The Hall–Kier alpha value is -2.77. The molecule has 0 aliphatic carbocycles. The van der Waals surface area contributed by atoms with E-state index in [9.17, 15) is 13.6 Å². The first kappa shape index (κ1) is 18.0. The number of nitrogens with one attached hydrogen (secondary N) is 2. The van der Waals surface area contributed by atoms with Crippen molar-refractivity contribution in [2.45, 2.75) is 0 Å². The second-order valence-corrected chi connectivity index (χ2v) is 5.92. The SMILES string of the molecule is O=C(Nc1ccc(F)c(Cl)c1)c1ccnc(Nc2ccc(F)c(Cl)c2)n1. The molecule has 0 bridgehead atoms. The van der Waals surface area contributed by atoms with Gasteiger partial charge in [0.2, 0.25) is 5.95 Å². The molecule has 0 atom stereocenters. The van der Waals surface area contributed by atoms with Gasteiger partial charge in [0.25, 0.3) is 5.91 Å². The Morgan fingerprint density at radius 1 is 0.923 bits per heavy atom. The van der Waals surface area contributed by atoms with Crippen LogP contribution in [-0.2, 0) is 0 Å². The van der Waals surface area contributed by atoms with Crippen molar-refractivity contribution >= 4 is 46.4 Å². The lowest BCUT2D eigenvalue weighted by Gasteiger charge is -2.08. The molecule has 9 heteroatoms. The van der Waals surface area contributed by atoms with Crippen molar-refractivity contribution in [2.24, 2.45) is 0 Å². The monoisotopic (exact) mass is 394 g/mol. The molecule has 0 radical (unpaired) electrons. The van der Waals surface area contributed by atoms with Gasteiger partial charge >= 0.3 is 0 Å². The summed E-state index contributed by atoms with van der Waals surface area (Å²) in [4.78, 5) is 20.3. The molecule has 1 amide bonds. The van der Waals surface area contributed by atoms with Crippen molar-refractivity contribution in [1.82, 2.24) is 9.97 Å². The summed E-state index contributed by atoms with van der Waals surface area (Å²) in [6.07, 6.45) is 1.38. The summed E-state index contributed by atoms with van der Waals surface area (Å²) in [5, 5.41) is 5.21. The van der Waals surface area contributed by atoms with Crippen LogP contribution in [0, 0.1) is 11.6 Å². The van der Waals surface area contributed by atoms with Crippen LogP contribution in [0.4, 0.5) is 26.1 Å². The summed E-state index contributed by atoms with van der Waals surface area (Å²) < 4.78 is 26.4. The Morgan fingerprint density at radius 3 is 2.19 bits per heavy atom. The van der Waals surface area contributed by atoms with E-state index in [1.807, 2.05) is 0 Å². The molecular formula is C17H10Cl2F2N4O. The highest BCUT2D eigenvalue weighted by molar-refractivity contribution is 6.31. The third-order valence-corrected chi connectivity index (χ3v) is 3.82. The predicted octanol–water partition coefficient (Wildman–Crippen LogP) is 5.06. The van der Waals surface area contributed by atoms with Crippen LogP contribution in [0.2, 0.25) is 10.0 Å². The van der Waals surface area contributed by atoms with Gasteiger partial charge < -0.3 is 10.6 Å². The molecule has 3 aromatic rings. The number of nitrogens with zero attached hydrogens (tertiary/aromatic N) is 2. The molecule has 0 saturated carbocycles. The third-order valence-electron chi connectivity index (χ3n) is 3.24. The van der Waals surface area contributed by atoms with Gasteiger partial charge in [-0.05, 0) is 42.5 Å². The Labute approximate surface area is 157 Å². The molecule has 0 spiro atoms. The molecule has 2 N–H and O–H groups in total. The lowest BCUT2D eigenvalue weighted by atomic mass is 10.3. The fourth-order valence-corrected chi connectivity index (χ4v) is 2.38. The molecule has 132 valence electrons. The number of benzene rings is 2. The third kappa shape index (κ3) is 4.25. The van der Waals surface area contributed by atoms with Crippen LogP contribution in [0.25, 0.3) is 0 Å². The molecular weight excluding hydrogens is 385 g/mol. The molecule has 1 heterocycles. The van der Waals surface area contributed by atoms with Gasteiger partial charge in [-0.25, -0.2) is 18.7 Å². The molecule has 26 heavy (non-hydrogen) atoms. The van der Waals surface area contributed by atoms with Gasteiger partial charge in [0.15, 0.2) is 0 Å². The Balaban J connectivity index is 1.76. The van der Waals surface area contributed by atoms with E-state index in [2.05, 4.69) is 20.6 Å². The molecule has 2 aromatic carbocycles. The zero-order valence-electron chi connectivity index (χ0n) is 12.9. The minimum absolute atomic E-state index is 0.0583. The summed E-state index contributed by atoms with van der Waals surface area (Å²) in [6.45, 7) is 0. The van der Waals surface area contributed by atoms with Crippen LogP contribution < -0.4 is 10.6 Å². The average Bonchev–Trinajstić information content (AvgIpc) is 2.61. The van der Waals surface area contributed by atoms with Crippen LogP contribution in [0.1, 0.15) is 10.5 Å². The maximum Gasteiger partial charge on any atom is 0.274 e. The number of carbonyl (C=O) groups excluding carboxylic acids is 1. The summed E-state index contributed by atoms with van der Waals surface area (Å²) in [5.74, 6) is -1.55. The molecule has 0 aliphatic rings. The molecule has 0 fully saturated rings. The number of hydrogen-bond donors (Lipinski definition) is 2. The first-order valence-corrected chi connectivity index (χ1v) is 7.99. The smallest absolute Gasteiger partial charge is 0.274 e. The van der Waals surface area contributed by atoms with Gasteiger partial charge in [-0.3, -0.25) is 4.79 Å². The standard InChI is InChI=1S/C17H10Cl2F2N4O/c18-11-7-9(1-3-13(11)20)23-16(26)15-5-6-22-17(25-15)24-10-2-4-14(21)12(19)8-10/h1-8H,(H,23,26)(H,22,24,25). The van der Waals surface area contributed by atoms with E-state index in [-0.39, 0.29) is 21.7 Å². The Morgan fingerprint density at radius 2 is 1.54 bits per heavy atom. The summed E-state index contributed by atoms with van der Waals surface area (Å²) >= 11 is 11.4. The highest BCUT2D eigenvalue weighted by Crippen LogP contribution is 2.22. The molecule has 3 rings (SSSR count). The molecule has 1 aromatic heterocycles. The second-order valence-electron chi connectivity index (χ2n) is 5.10. The van der Waals surface area contributed by atoms with Gasteiger partial charge in [-0.1, -0.05) is 23.2 Å². The van der Waals surface area contributed by atoms with Gasteiger partial charge in [0, 0.05) is 17.6 Å². The Kier molecular flexibility index (Phi) is 5.29. The zero-order chi connectivity index (χ0) is 18.7. The number of rotatable bonds is 4. The molecule has 0 aliphatic heterocycles. The van der Waals surface area contributed by atoms with Gasteiger partial charge in [0.05, 0.1) is 10.0 Å². The molecule has 0 saturated heterocycles. The zero-order valence-corrected chi connectivity index (χ0v) is 14.4. The van der Waals surface area contributed by atoms with Crippen LogP contribution in [0.15, 0.2) is 48.7 Å². The van der Waals surface area contributed by atoms with E-state index in [4.69, 9.17) is 23.2 Å². The van der Waals surface area contributed by atoms with Crippen molar-refractivity contribution in [2.75, 3.05) is 10.6 Å². The summed E-state index contributed by atoms with van der Waals surface area (Å²) in [5.41, 5.74) is 0.843. The maximum atomic E-state index is 13.2. The Bertz CT molecular complexity index is 985. The van der Waals surface area contributed by atoms with Crippen LogP contribution in [0.5, 0.6) is 0 Å². The van der Waals surface area contributed by atoms with E-state index < -0.39 is 17.5 Å². The minimum Gasteiger partial charge on any atom is -0.324 e. The largest absolute Gasteiger partial charge is 0.324 e. The number of aromatic nitrogens is 2. The van der Waals surface area contributed by atoms with Gasteiger partial charge in [-0.15, -0.1) is 0 Å². The fourth-order valence-electron chi connectivity index (χ4n) is 2.02. The van der Waals surface area contributed by atoms with Gasteiger partial charge in [0.1, 0.15) is 17.3 Å². The normalized spacial score (nSPS) is 10.5. The quantitative estimate of drug-likeness (QED) is 0.648. The number of anilines is 3. The topological polar surface area (TPSA) is 66.9 Å². The number of hydrogen-bond acceptors (Lipinski definition) is 4. The van der Waals surface area contributed by atoms with Crippen molar-refractivity contribution in [3.8, 4) is 0 Å². The lowest BCUT2D eigenvalue weighted by Crippen LogP contribution is -2.14. The second kappa shape index (κ2) is 7.63. The maximum absolute atomic E-state index is 13.2. The number of carbonyl (C=O) groups is 1. The summed E-state index contributed by atoms with van der Waals surface area (Å²) in [7, 11) is 0. The minimum atomic E-state index is -0.587.